The summed E-state index contributed by atoms with van der Waals surface area (Å²) in [6.45, 7) is 4.96. The summed E-state index contributed by atoms with van der Waals surface area (Å²) in [5.74, 6) is -5.07. The number of methoxy groups -OCH3 is 1. The van der Waals surface area contributed by atoms with E-state index in [0.29, 0.717) is 0 Å². The Morgan fingerprint density at radius 2 is 1.55 bits per heavy atom. The standard InChI is InChI=1S/C20H27NO12/c1-9(22)21-17-14(30-11(3)24)7-15(20(27)28-6)33-19(17)18(32-13(5)26)16(31-12(4)25)8-29-10(2)23/h7,14,16-19H,8H2,1-6H3,(H,21,22)/t14-,16-,17-,18-,19-/m1/s1. The molecule has 13 heteroatoms. The van der Waals surface area contributed by atoms with Gasteiger partial charge in [0.2, 0.25) is 11.7 Å². The Kier molecular flexibility index (Phi) is 10.3. The van der Waals surface area contributed by atoms with E-state index in [1.807, 2.05) is 0 Å². The molecule has 0 aromatic carbocycles. The van der Waals surface area contributed by atoms with Crippen LogP contribution in [0.15, 0.2) is 11.8 Å². The molecule has 0 aliphatic carbocycles. The summed E-state index contributed by atoms with van der Waals surface area (Å²) < 4.78 is 30.9. The lowest BCUT2D eigenvalue weighted by Gasteiger charge is -2.41. The highest BCUT2D eigenvalue weighted by atomic mass is 16.6. The Hall–Kier alpha value is -3.64. The maximum Gasteiger partial charge on any atom is 0.373 e. The molecule has 1 amide bonds. The van der Waals surface area contributed by atoms with Gasteiger partial charge in [0.25, 0.3) is 0 Å². The third-order valence-electron chi connectivity index (χ3n) is 4.11. The van der Waals surface area contributed by atoms with Crippen molar-refractivity contribution >= 4 is 35.8 Å². The number of esters is 5. The third-order valence-corrected chi connectivity index (χ3v) is 4.11. The number of nitrogens with one attached hydrogen (secondary N) is 1. The van der Waals surface area contributed by atoms with Gasteiger partial charge in [-0.15, -0.1) is 0 Å². The maximum atomic E-state index is 12.2. The topological polar surface area (TPSA) is 170 Å². The number of carbonyl (C=O) groups is 6. The van der Waals surface area contributed by atoms with Crippen molar-refractivity contribution in [2.24, 2.45) is 0 Å². The number of rotatable bonds is 9. The first-order valence-corrected chi connectivity index (χ1v) is 9.74. The van der Waals surface area contributed by atoms with Crippen LogP contribution in [-0.4, -0.2) is 79.9 Å². The lowest BCUT2D eigenvalue weighted by Crippen LogP contribution is -2.62. The summed E-state index contributed by atoms with van der Waals surface area (Å²) in [5.41, 5.74) is 0. The predicted molar refractivity (Wildman–Crippen MR) is 106 cm³/mol. The molecule has 33 heavy (non-hydrogen) atoms. The van der Waals surface area contributed by atoms with E-state index in [1.165, 1.54) is 6.92 Å². The van der Waals surface area contributed by atoms with E-state index in [-0.39, 0.29) is 0 Å². The van der Waals surface area contributed by atoms with Crippen molar-refractivity contribution in [3.8, 4) is 0 Å². The number of hydrogen-bond acceptors (Lipinski definition) is 12. The van der Waals surface area contributed by atoms with Gasteiger partial charge in [-0.05, 0) is 0 Å². The van der Waals surface area contributed by atoms with Crippen LogP contribution in [0.5, 0.6) is 0 Å². The van der Waals surface area contributed by atoms with Crippen molar-refractivity contribution in [3.63, 3.8) is 0 Å². The van der Waals surface area contributed by atoms with Gasteiger partial charge in [0.1, 0.15) is 18.8 Å². The Morgan fingerprint density at radius 1 is 0.939 bits per heavy atom. The highest BCUT2D eigenvalue weighted by molar-refractivity contribution is 5.86. The molecule has 0 bridgehead atoms. The van der Waals surface area contributed by atoms with E-state index in [1.54, 1.807) is 0 Å². The van der Waals surface area contributed by atoms with Crippen molar-refractivity contribution < 1.29 is 57.2 Å². The maximum absolute atomic E-state index is 12.2. The minimum atomic E-state index is -1.52. The van der Waals surface area contributed by atoms with Crippen molar-refractivity contribution in [1.82, 2.24) is 5.32 Å². The van der Waals surface area contributed by atoms with Gasteiger partial charge in [-0.25, -0.2) is 4.79 Å². The summed E-state index contributed by atoms with van der Waals surface area (Å²) in [4.78, 5) is 70.6. The van der Waals surface area contributed by atoms with Gasteiger partial charge in [0.15, 0.2) is 18.3 Å². The highest BCUT2D eigenvalue weighted by Crippen LogP contribution is 2.28. The molecule has 184 valence electrons. The first kappa shape index (κ1) is 27.4. The summed E-state index contributed by atoms with van der Waals surface area (Å²) >= 11 is 0. The van der Waals surface area contributed by atoms with Gasteiger partial charge in [-0.3, -0.25) is 24.0 Å². The molecule has 1 heterocycles. The van der Waals surface area contributed by atoms with Gasteiger partial charge in [0, 0.05) is 40.7 Å². The largest absolute Gasteiger partial charge is 0.477 e. The van der Waals surface area contributed by atoms with E-state index in [0.717, 1.165) is 40.9 Å². The van der Waals surface area contributed by atoms with E-state index in [9.17, 15) is 28.8 Å². The predicted octanol–water partition coefficient (Wildman–Crippen LogP) is -0.695. The number of carbonyl (C=O) groups excluding carboxylic acids is 6. The minimum absolute atomic E-state index is 0.415. The number of amides is 1. The fraction of sp³-hybridized carbons (Fsp3) is 0.600. The first-order valence-electron chi connectivity index (χ1n) is 9.74. The Balaban J connectivity index is 3.58. The SMILES string of the molecule is COC(=O)C1=C[C@@H](OC(C)=O)[C@@H](NC(C)=O)[C@H]([C@H](OC(C)=O)[C@@H](COC(C)=O)OC(C)=O)O1. The molecular formula is C20H27NO12. The van der Waals surface area contributed by atoms with Gasteiger partial charge in [-0.2, -0.15) is 0 Å². The molecule has 0 spiro atoms. The molecule has 1 aliphatic rings. The number of hydrogen-bond donors (Lipinski definition) is 1. The van der Waals surface area contributed by atoms with Crippen LogP contribution in [0.3, 0.4) is 0 Å². The first-order chi connectivity index (χ1) is 15.3. The Labute approximate surface area is 189 Å². The molecule has 0 saturated carbocycles. The van der Waals surface area contributed by atoms with Crippen molar-refractivity contribution in [3.05, 3.63) is 11.8 Å². The molecule has 5 atom stereocenters. The Morgan fingerprint density at radius 3 is 2.00 bits per heavy atom. The van der Waals surface area contributed by atoms with E-state index >= 15 is 0 Å². The second-order valence-electron chi connectivity index (χ2n) is 6.93. The molecule has 0 aromatic rings. The van der Waals surface area contributed by atoms with Crippen LogP contribution in [0.2, 0.25) is 0 Å². The molecule has 1 aliphatic heterocycles. The zero-order valence-corrected chi connectivity index (χ0v) is 19.1. The van der Waals surface area contributed by atoms with Gasteiger partial charge in [0.05, 0.1) is 7.11 Å². The van der Waals surface area contributed by atoms with Crippen LogP contribution in [0.4, 0.5) is 0 Å². The minimum Gasteiger partial charge on any atom is -0.477 e. The molecular weight excluding hydrogens is 446 g/mol. The molecule has 1 rings (SSSR count). The van der Waals surface area contributed by atoms with Crippen LogP contribution in [0, 0.1) is 0 Å². The number of ether oxygens (including phenoxy) is 6. The smallest absolute Gasteiger partial charge is 0.373 e. The average Bonchev–Trinajstić information content (AvgIpc) is 2.68. The molecule has 0 saturated heterocycles. The van der Waals surface area contributed by atoms with Crippen LogP contribution in [-0.2, 0) is 57.2 Å². The normalized spacial score (nSPS) is 21.2. The lowest BCUT2D eigenvalue weighted by molar-refractivity contribution is -0.191. The molecule has 0 unspecified atom stereocenters. The van der Waals surface area contributed by atoms with E-state index in [2.05, 4.69) is 10.1 Å². The monoisotopic (exact) mass is 473 g/mol. The van der Waals surface area contributed by atoms with Crippen LogP contribution < -0.4 is 5.32 Å². The molecule has 13 nitrogen and oxygen atoms in total. The molecule has 1 N–H and O–H groups in total. The third kappa shape index (κ3) is 8.79. The van der Waals surface area contributed by atoms with Gasteiger partial charge >= 0.3 is 29.8 Å². The summed E-state index contributed by atoms with van der Waals surface area (Å²) in [5, 5.41) is 2.51. The molecule has 0 aromatic heterocycles. The summed E-state index contributed by atoms with van der Waals surface area (Å²) in [7, 11) is 1.08. The van der Waals surface area contributed by atoms with E-state index < -0.39 is 78.6 Å². The average molecular weight is 473 g/mol. The zero-order valence-electron chi connectivity index (χ0n) is 19.1. The molecule has 0 fully saturated rings. The van der Waals surface area contributed by atoms with Crippen molar-refractivity contribution in [2.75, 3.05) is 13.7 Å². The fourth-order valence-corrected chi connectivity index (χ4v) is 3.04. The zero-order chi connectivity index (χ0) is 25.3. The van der Waals surface area contributed by atoms with Crippen LogP contribution in [0.25, 0.3) is 0 Å². The van der Waals surface area contributed by atoms with Crippen molar-refractivity contribution in [1.29, 1.82) is 0 Å². The van der Waals surface area contributed by atoms with Gasteiger partial charge in [-0.1, -0.05) is 0 Å². The van der Waals surface area contributed by atoms with E-state index in [4.69, 9.17) is 23.7 Å². The summed E-state index contributed by atoms with van der Waals surface area (Å²) in [6, 6.07) is -1.21. The summed E-state index contributed by atoms with van der Waals surface area (Å²) in [6.07, 6.45) is -4.52. The highest BCUT2D eigenvalue weighted by Gasteiger charge is 2.49. The lowest BCUT2D eigenvalue weighted by atomic mass is 9.93. The molecule has 0 radical (unpaired) electrons. The fourth-order valence-electron chi connectivity index (χ4n) is 3.04. The van der Waals surface area contributed by atoms with Crippen LogP contribution in [0.1, 0.15) is 34.6 Å². The van der Waals surface area contributed by atoms with Crippen molar-refractivity contribution in [2.45, 2.75) is 65.1 Å². The second kappa shape index (κ2) is 12.4. The second-order valence-corrected chi connectivity index (χ2v) is 6.93. The Bertz CT molecular complexity index is 820. The quantitative estimate of drug-likeness (QED) is 0.331. The van der Waals surface area contributed by atoms with Gasteiger partial charge < -0.3 is 33.7 Å². The van der Waals surface area contributed by atoms with Crippen LogP contribution >= 0.6 is 0 Å².